The van der Waals surface area contributed by atoms with Gasteiger partial charge in [-0.15, -0.1) is 0 Å². The predicted octanol–water partition coefficient (Wildman–Crippen LogP) is 0.805. The third-order valence-electron chi connectivity index (χ3n) is 0. The van der Waals surface area contributed by atoms with E-state index in [1.807, 2.05) is 0 Å². The summed E-state index contributed by atoms with van der Waals surface area (Å²) in [5.41, 5.74) is 0. The van der Waals surface area contributed by atoms with Crippen molar-refractivity contribution in [3.8, 4) is 0 Å². The zero-order chi connectivity index (χ0) is 13.4. The monoisotopic (exact) mass is 288 g/mol. The summed E-state index contributed by atoms with van der Waals surface area (Å²) in [6.45, 7) is 12.0. The molecule has 0 heterocycles. The topological polar surface area (TPSA) is 80.9 Å². The zero-order valence-corrected chi connectivity index (χ0v) is 14.1. The van der Waals surface area contributed by atoms with Gasteiger partial charge in [0.2, 0.25) is 9.76 Å². The van der Waals surface area contributed by atoms with Crippen LogP contribution in [0.15, 0.2) is 0 Å². The number of rotatable bonds is 0. The van der Waals surface area contributed by atoms with Crippen LogP contribution < -0.4 is 0 Å². The molecule has 0 saturated heterocycles. The van der Waals surface area contributed by atoms with Gasteiger partial charge in [-0.2, -0.15) is 0 Å². The third kappa shape index (κ3) is 4710. The van der Waals surface area contributed by atoms with Crippen LogP contribution in [0, 0.1) is 0 Å². The van der Waals surface area contributed by atoms with Crippen LogP contribution in [0.5, 0.6) is 0 Å². The van der Waals surface area contributed by atoms with Gasteiger partial charge in [0.15, 0.2) is 0 Å². The van der Waals surface area contributed by atoms with Gasteiger partial charge in [-0.25, -0.2) is 0 Å². The van der Waals surface area contributed by atoms with Crippen molar-refractivity contribution in [3.05, 3.63) is 0 Å². The molecule has 4 nitrogen and oxygen atoms in total. The van der Waals surface area contributed by atoms with E-state index in [0.29, 0.717) is 0 Å². The standard InChI is InChI=1S/3C3H8O.CH4OSi.Ti/c3*1-3(2)4;1-3-2;/h3*3-4H,1-2H3;2H,1H3;. The van der Waals surface area contributed by atoms with Crippen molar-refractivity contribution in [2.24, 2.45) is 0 Å². The van der Waals surface area contributed by atoms with Gasteiger partial charge in [0, 0.05) is 40.0 Å². The fourth-order valence-electron chi connectivity index (χ4n) is 0. The van der Waals surface area contributed by atoms with E-state index in [1.165, 1.54) is 0 Å². The Hall–Kier alpha value is 0.771. The fraction of sp³-hybridized carbons (Fsp3) is 1.00. The van der Waals surface area contributed by atoms with Crippen LogP contribution >= 0.6 is 0 Å². The van der Waals surface area contributed by atoms with Crippen molar-refractivity contribution in [1.82, 2.24) is 0 Å². The van der Waals surface area contributed by atoms with Gasteiger partial charge in [-0.05, 0) is 48.1 Å². The summed E-state index contributed by atoms with van der Waals surface area (Å²) >= 11 is 0. The average molecular weight is 288 g/mol. The molecule has 0 aromatic rings. The van der Waals surface area contributed by atoms with Crippen LogP contribution in [0.25, 0.3) is 0 Å². The maximum atomic E-state index is 8.06. The van der Waals surface area contributed by atoms with Gasteiger partial charge < -0.3 is 20.1 Å². The predicted molar refractivity (Wildman–Crippen MR) is 65.9 cm³/mol. The molecule has 0 spiro atoms. The van der Waals surface area contributed by atoms with Crippen molar-refractivity contribution < 1.29 is 41.8 Å². The van der Waals surface area contributed by atoms with Crippen LogP contribution in [0.3, 0.4) is 0 Å². The Morgan fingerprint density at radius 2 is 0.688 bits per heavy atom. The summed E-state index contributed by atoms with van der Waals surface area (Å²) in [4.78, 5) is 7.60. The quantitative estimate of drug-likeness (QED) is 0.497. The summed E-state index contributed by atoms with van der Waals surface area (Å²) in [6, 6.07) is 0. The Morgan fingerprint density at radius 1 is 0.688 bits per heavy atom. The second-order valence-corrected chi connectivity index (χ2v) is 3.95. The number of aliphatic hydroxyl groups excluding tert-OH is 3. The first-order valence-corrected chi connectivity index (χ1v) is 6.41. The van der Waals surface area contributed by atoms with E-state index in [1.54, 1.807) is 48.1 Å². The molecule has 16 heavy (non-hydrogen) atoms. The molecular formula is C10H28O4SiTi. The molecule has 0 saturated carbocycles. The van der Waals surface area contributed by atoms with E-state index in [9.17, 15) is 0 Å². The van der Waals surface area contributed by atoms with Gasteiger partial charge in [-0.1, -0.05) is 0 Å². The molecule has 6 heteroatoms. The normalized spacial score (nSPS) is 7.88. The van der Waals surface area contributed by atoms with Crippen LogP contribution in [-0.4, -0.2) is 48.2 Å². The molecule has 0 atom stereocenters. The minimum absolute atomic E-state index is 0. The summed E-state index contributed by atoms with van der Waals surface area (Å²) in [6.07, 6.45) is -0.500. The van der Waals surface area contributed by atoms with Crippen molar-refractivity contribution in [2.75, 3.05) is 0 Å². The molecule has 0 aliphatic heterocycles. The fourth-order valence-corrected chi connectivity index (χ4v) is 0. The zero-order valence-electron chi connectivity index (χ0n) is 11.5. The summed E-state index contributed by atoms with van der Waals surface area (Å²) < 4.78 is 0. The van der Waals surface area contributed by atoms with Gasteiger partial charge in [0.25, 0.3) is 0 Å². The average Bonchev–Trinajstić information content (AvgIpc) is 1.81. The number of hydrogen-bond acceptors (Lipinski definition) is 4. The van der Waals surface area contributed by atoms with E-state index in [-0.39, 0.29) is 49.8 Å². The summed E-state index contributed by atoms with van der Waals surface area (Å²) in [5, 5.41) is 24.2. The molecule has 2 radical (unpaired) electrons. The molecule has 4 N–H and O–H groups in total. The van der Waals surface area contributed by atoms with Gasteiger partial charge in [0.1, 0.15) is 0 Å². The molecule has 0 unspecified atom stereocenters. The molecule has 0 aromatic carbocycles. The number of aliphatic hydroxyl groups is 3. The molecule has 0 amide bonds. The van der Waals surface area contributed by atoms with E-state index in [2.05, 4.69) is 0 Å². The Balaban J connectivity index is -0.0000000331. The van der Waals surface area contributed by atoms with E-state index in [0.717, 1.165) is 0 Å². The molecule has 0 aliphatic carbocycles. The minimum atomic E-state index is -0.167. The Labute approximate surface area is 118 Å². The Bertz CT molecular complexity index is 60.7. The maximum absolute atomic E-state index is 8.06. The summed E-state index contributed by atoms with van der Waals surface area (Å²) in [7, 11) is 0.0833. The number of hydrogen-bond donors (Lipinski definition) is 4. The van der Waals surface area contributed by atoms with Crippen molar-refractivity contribution >= 4 is 9.76 Å². The largest absolute Gasteiger partial charge is 0.432 e. The van der Waals surface area contributed by atoms with Crippen LogP contribution in [0.2, 0.25) is 6.55 Å². The van der Waals surface area contributed by atoms with E-state index < -0.39 is 0 Å². The van der Waals surface area contributed by atoms with Gasteiger partial charge >= 0.3 is 0 Å². The minimum Gasteiger partial charge on any atom is -0.432 e. The first-order valence-electron chi connectivity index (χ1n) is 4.96. The molecule has 0 bridgehead atoms. The van der Waals surface area contributed by atoms with Crippen molar-refractivity contribution in [3.63, 3.8) is 0 Å². The molecular weight excluding hydrogens is 260 g/mol. The van der Waals surface area contributed by atoms with Gasteiger partial charge in [0.05, 0.1) is 0 Å². The molecule has 0 aromatic heterocycles. The van der Waals surface area contributed by atoms with Crippen LogP contribution in [0.4, 0.5) is 0 Å². The van der Waals surface area contributed by atoms with Crippen LogP contribution in [0.1, 0.15) is 41.5 Å². The SMILES string of the molecule is CC(C)O.CC(C)O.CC(C)O.C[Si]O.[Ti]. The summed E-state index contributed by atoms with van der Waals surface area (Å²) in [5.74, 6) is 0. The second-order valence-electron chi connectivity index (χ2n) is 3.50. The van der Waals surface area contributed by atoms with E-state index in [4.69, 9.17) is 20.1 Å². The second kappa shape index (κ2) is 29.7. The first-order chi connectivity index (χ1) is 6.61. The maximum Gasteiger partial charge on any atom is 0.220 e. The molecule has 0 aliphatic rings. The van der Waals surface area contributed by atoms with E-state index >= 15 is 0 Å². The Kier molecular flexibility index (Phi) is 55.8. The van der Waals surface area contributed by atoms with Gasteiger partial charge in [-0.3, -0.25) is 0 Å². The van der Waals surface area contributed by atoms with Crippen molar-refractivity contribution in [1.29, 1.82) is 0 Å². The van der Waals surface area contributed by atoms with Crippen molar-refractivity contribution in [2.45, 2.75) is 66.4 Å². The molecule has 100 valence electrons. The molecule has 0 fully saturated rings. The third-order valence-corrected chi connectivity index (χ3v) is 0. The molecule has 0 rings (SSSR count). The first kappa shape index (κ1) is 30.1. The van der Waals surface area contributed by atoms with Crippen LogP contribution in [-0.2, 0) is 21.7 Å². The Morgan fingerprint density at radius 3 is 0.688 bits per heavy atom. The smallest absolute Gasteiger partial charge is 0.220 e.